The maximum atomic E-state index is 12.3. The van der Waals surface area contributed by atoms with Gasteiger partial charge in [0.2, 0.25) is 0 Å². The van der Waals surface area contributed by atoms with E-state index in [1.807, 2.05) is 13.0 Å². The van der Waals surface area contributed by atoms with E-state index in [-0.39, 0.29) is 17.9 Å². The van der Waals surface area contributed by atoms with Gasteiger partial charge < -0.3 is 5.11 Å². The van der Waals surface area contributed by atoms with E-state index in [9.17, 15) is 14.3 Å². The van der Waals surface area contributed by atoms with E-state index < -0.39 is 12.6 Å². The summed E-state index contributed by atoms with van der Waals surface area (Å²) in [4.78, 5) is 14.2. The molecule has 2 fully saturated rings. The molecule has 1 N–H and O–H groups in total. The number of halogens is 1. The SMILES string of the molecule is Cc1ccc([C@H]2C[C@@H]3CC[C@H]([C@H]2C(=O)O)N3C/C=C/CF)cc1. The van der Waals surface area contributed by atoms with Gasteiger partial charge in [0, 0.05) is 24.5 Å². The topological polar surface area (TPSA) is 40.5 Å². The molecule has 4 atom stereocenters. The van der Waals surface area contributed by atoms with Crippen LogP contribution in [0.15, 0.2) is 36.4 Å². The average Bonchev–Trinajstić information content (AvgIpc) is 2.79. The monoisotopic (exact) mass is 317 g/mol. The second-order valence-electron chi connectivity index (χ2n) is 6.74. The molecule has 2 heterocycles. The van der Waals surface area contributed by atoms with Crippen molar-refractivity contribution in [1.29, 1.82) is 0 Å². The fourth-order valence-electron chi connectivity index (χ4n) is 4.35. The molecule has 23 heavy (non-hydrogen) atoms. The van der Waals surface area contributed by atoms with E-state index in [2.05, 4.69) is 29.2 Å². The van der Waals surface area contributed by atoms with Crippen molar-refractivity contribution in [2.24, 2.45) is 5.92 Å². The molecule has 2 aliphatic heterocycles. The summed E-state index contributed by atoms with van der Waals surface area (Å²) in [6, 6.07) is 8.74. The minimum atomic E-state index is -0.708. The molecule has 2 aliphatic rings. The van der Waals surface area contributed by atoms with Crippen LogP contribution < -0.4 is 0 Å². The molecule has 3 nitrogen and oxygen atoms in total. The van der Waals surface area contributed by atoms with Crippen LogP contribution in [0, 0.1) is 12.8 Å². The Morgan fingerprint density at radius 3 is 2.70 bits per heavy atom. The summed E-state index contributed by atoms with van der Waals surface area (Å²) in [7, 11) is 0. The molecule has 2 saturated heterocycles. The summed E-state index contributed by atoms with van der Waals surface area (Å²) < 4.78 is 12.3. The maximum Gasteiger partial charge on any atom is 0.308 e. The molecule has 0 unspecified atom stereocenters. The molecule has 0 aliphatic carbocycles. The minimum Gasteiger partial charge on any atom is -0.481 e. The number of benzene rings is 1. The molecule has 0 amide bonds. The average molecular weight is 317 g/mol. The van der Waals surface area contributed by atoms with E-state index in [4.69, 9.17) is 0 Å². The number of rotatable bonds is 5. The summed E-state index contributed by atoms with van der Waals surface area (Å²) in [5.41, 5.74) is 2.33. The first-order valence-corrected chi connectivity index (χ1v) is 8.38. The van der Waals surface area contributed by atoms with Gasteiger partial charge >= 0.3 is 5.97 Å². The Kier molecular flexibility index (Phi) is 4.81. The second-order valence-corrected chi connectivity index (χ2v) is 6.74. The van der Waals surface area contributed by atoms with Crippen LogP contribution >= 0.6 is 0 Å². The molecule has 4 heteroatoms. The Hall–Kier alpha value is -1.68. The van der Waals surface area contributed by atoms with Gasteiger partial charge in [-0.3, -0.25) is 9.69 Å². The van der Waals surface area contributed by atoms with Crippen molar-refractivity contribution in [3.8, 4) is 0 Å². The van der Waals surface area contributed by atoms with Gasteiger partial charge in [-0.25, -0.2) is 4.39 Å². The van der Waals surface area contributed by atoms with E-state index in [0.717, 1.165) is 24.8 Å². The second kappa shape index (κ2) is 6.83. The lowest BCUT2D eigenvalue weighted by molar-refractivity contribution is -0.146. The zero-order chi connectivity index (χ0) is 16.4. The van der Waals surface area contributed by atoms with Gasteiger partial charge in [-0.05, 0) is 31.7 Å². The first-order chi connectivity index (χ1) is 11.1. The molecule has 0 aromatic heterocycles. The number of hydrogen-bond donors (Lipinski definition) is 1. The molecule has 1 aromatic rings. The number of aliphatic carboxylic acids is 1. The Bertz CT molecular complexity index is 584. The fraction of sp³-hybridized carbons (Fsp3) is 0.526. The number of allylic oxidation sites excluding steroid dienone is 1. The van der Waals surface area contributed by atoms with Gasteiger partial charge in [0.25, 0.3) is 0 Å². The number of piperidine rings is 1. The Morgan fingerprint density at radius 2 is 2.04 bits per heavy atom. The minimum absolute atomic E-state index is 0.0572. The lowest BCUT2D eigenvalue weighted by Crippen LogP contribution is -2.50. The van der Waals surface area contributed by atoms with Crippen molar-refractivity contribution < 1.29 is 14.3 Å². The molecule has 0 radical (unpaired) electrons. The predicted octanol–water partition coefficient (Wildman–Crippen LogP) is 3.54. The third kappa shape index (κ3) is 3.18. The van der Waals surface area contributed by atoms with Crippen LogP contribution in [0.1, 0.15) is 36.3 Å². The zero-order valence-corrected chi connectivity index (χ0v) is 13.5. The third-order valence-corrected chi connectivity index (χ3v) is 5.43. The summed E-state index contributed by atoms with van der Waals surface area (Å²) in [5.74, 6) is -1.01. The molecule has 1 aromatic carbocycles. The van der Waals surface area contributed by atoms with Crippen LogP contribution in [-0.4, -0.2) is 41.3 Å². The Morgan fingerprint density at radius 1 is 1.30 bits per heavy atom. The van der Waals surface area contributed by atoms with E-state index >= 15 is 0 Å². The Labute approximate surface area is 136 Å². The normalized spacial score (nSPS) is 30.9. The van der Waals surface area contributed by atoms with Gasteiger partial charge in [-0.2, -0.15) is 0 Å². The molecule has 2 bridgehead atoms. The van der Waals surface area contributed by atoms with E-state index in [1.165, 1.54) is 11.6 Å². The number of carboxylic acids is 1. The lowest BCUT2D eigenvalue weighted by Gasteiger charge is -2.42. The summed E-state index contributed by atoms with van der Waals surface area (Å²) >= 11 is 0. The highest BCUT2D eigenvalue weighted by Crippen LogP contribution is 2.46. The quantitative estimate of drug-likeness (QED) is 0.845. The van der Waals surface area contributed by atoms with Gasteiger partial charge in [0.05, 0.1) is 5.92 Å². The highest BCUT2D eigenvalue weighted by molar-refractivity contribution is 5.73. The highest BCUT2D eigenvalue weighted by atomic mass is 19.1. The number of fused-ring (bicyclic) bond motifs is 2. The smallest absolute Gasteiger partial charge is 0.308 e. The number of aryl methyl sites for hydroxylation is 1. The molecular formula is C19H24FNO2. The Balaban J connectivity index is 1.85. The van der Waals surface area contributed by atoms with Crippen LogP contribution in [0.3, 0.4) is 0 Å². The number of alkyl halides is 1. The summed E-state index contributed by atoms with van der Waals surface area (Å²) in [5, 5.41) is 9.83. The summed E-state index contributed by atoms with van der Waals surface area (Å²) in [6.07, 6.45) is 6.19. The van der Waals surface area contributed by atoms with Gasteiger partial charge in [-0.15, -0.1) is 0 Å². The van der Waals surface area contributed by atoms with Crippen molar-refractivity contribution in [3.05, 3.63) is 47.5 Å². The number of carbonyl (C=O) groups is 1. The zero-order valence-electron chi connectivity index (χ0n) is 13.5. The van der Waals surface area contributed by atoms with Gasteiger partial charge in [-0.1, -0.05) is 42.0 Å². The van der Waals surface area contributed by atoms with E-state index in [1.54, 1.807) is 0 Å². The highest BCUT2D eigenvalue weighted by Gasteiger charge is 2.50. The molecule has 124 valence electrons. The fourth-order valence-corrected chi connectivity index (χ4v) is 4.35. The van der Waals surface area contributed by atoms with Gasteiger partial charge in [0.1, 0.15) is 6.67 Å². The van der Waals surface area contributed by atoms with Crippen molar-refractivity contribution in [2.75, 3.05) is 13.2 Å². The number of hydrogen-bond acceptors (Lipinski definition) is 2. The van der Waals surface area contributed by atoms with Gasteiger partial charge in [0.15, 0.2) is 0 Å². The third-order valence-electron chi connectivity index (χ3n) is 5.43. The van der Waals surface area contributed by atoms with Crippen molar-refractivity contribution >= 4 is 5.97 Å². The van der Waals surface area contributed by atoms with Crippen LogP contribution in [-0.2, 0) is 4.79 Å². The van der Waals surface area contributed by atoms with E-state index in [0.29, 0.717) is 12.6 Å². The lowest BCUT2D eigenvalue weighted by atomic mass is 9.76. The first-order valence-electron chi connectivity index (χ1n) is 8.38. The van der Waals surface area contributed by atoms with Crippen LogP contribution in [0.25, 0.3) is 0 Å². The van der Waals surface area contributed by atoms with Crippen LogP contribution in [0.5, 0.6) is 0 Å². The van der Waals surface area contributed by atoms with Crippen molar-refractivity contribution in [3.63, 3.8) is 0 Å². The largest absolute Gasteiger partial charge is 0.481 e. The molecule has 0 spiro atoms. The summed E-state index contributed by atoms with van der Waals surface area (Å²) in [6.45, 7) is 2.24. The van der Waals surface area contributed by atoms with Crippen molar-refractivity contribution in [2.45, 2.75) is 44.2 Å². The number of nitrogens with zero attached hydrogens (tertiary/aromatic N) is 1. The number of carboxylic acid groups (broad SMARTS) is 1. The molecular weight excluding hydrogens is 293 g/mol. The van der Waals surface area contributed by atoms with Crippen LogP contribution in [0.2, 0.25) is 0 Å². The first kappa shape index (κ1) is 16.2. The molecule has 3 rings (SSSR count). The molecule has 0 saturated carbocycles. The van der Waals surface area contributed by atoms with Crippen molar-refractivity contribution in [1.82, 2.24) is 4.90 Å². The predicted molar refractivity (Wildman–Crippen MR) is 88.3 cm³/mol. The van der Waals surface area contributed by atoms with Crippen LogP contribution in [0.4, 0.5) is 4.39 Å². The maximum absolute atomic E-state index is 12.3. The standard InChI is InChI=1S/C19H24FNO2/c1-13-4-6-14(7-5-13)16-12-15-8-9-17(18(16)19(22)23)21(15)11-3-2-10-20/h2-7,15-18H,8-12H2,1H3,(H,22,23)/b3-2+/t15-,16+,17+,18-/m0/s1.